The number of nitrogens with one attached hydrogen (secondary N) is 2. The number of carbonyl (C=O) groups is 1. The van der Waals surface area contributed by atoms with Crippen molar-refractivity contribution >= 4 is 23.2 Å². The Balaban J connectivity index is 1.46. The number of carbonyl (C=O) groups excluding carboxylic acids is 1. The summed E-state index contributed by atoms with van der Waals surface area (Å²) in [7, 11) is 0. The van der Waals surface area contributed by atoms with E-state index < -0.39 is 0 Å². The van der Waals surface area contributed by atoms with Gasteiger partial charge in [-0.1, -0.05) is 12.1 Å². The van der Waals surface area contributed by atoms with Gasteiger partial charge in [0, 0.05) is 48.4 Å². The SMILES string of the molecule is Cc1cccc(NC(=O)CCNc2cc(C)nc3nc(-c4cccnc4)nn23)c1. The first kappa shape index (κ1) is 18.5. The highest BCUT2D eigenvalue weighted by Crippen LogP contribution is 2.18. The Morgan fingerprint density at radius 2 is 2.00 bits per heavy atom. The summed E-state index contributed by atoms with van der Waals surface area (Å²) in [6.07, 6.45) is 3.74. The highest BCUT2D eigenvalue weighted by atomic mass is 16.1. The largest absolute Gasteiger partial charge is 0.369 e. The lowest BCUT2D eigenvalue weighted by Gasteiger charge is -2.09. The van der Waals surface area contributed by atoms with Gasteiger partial charge in [-0.2, -0.15) is 9.50 Å². The summed E-state index contributed by atoms with van der Waals surface area (Å²) in [4.78, 5) is 25.3. The molecule has 0 saturated carbocycles. The second-order valence-corrected chi connectivity index (χ2v) is 6.77. The Labute approximate surface area is 168 Å². The standard InChI is InChI=1S/C21H21N7O/c1-14-5-3-7-17(11-14)25-19(29)8-10-23-18-12-15(2)24-21-26-20(27-28(18)21)16-6-4-9-22-13-16/h3-7,9,11-13,23H,8,10H2,1-2H3,(H,25,29). The second kappa shape index (κ2) is 8.05. The van der Waals surface area contributed by atoms with E-state index in [4.69, 9.17) is 0 Å². The lowest BCUT2D eigenvalue weighted by atomic mass is 10.2. The Hall–Kier alpha value is -3.81. The van der Waals surface area contributed by atoms with E-state index in [0.29, 0.717) is 24.6 Å². The number of hydrogen-bond donors (Lipinski definition) is 2. The molecule has 0 aliphatic rings. The maximum absolute atomic E-state index is 12.2. The predicted molar refractivity (Wildman–Crippen MR) is 112 cm³/mol. The Morgan fingerprint density at radius 3 is 2.79 bits per heavy atom. The van der Waals surface area contributed by atoms with Gasteiger partial charge in [-0.25, -0.2) is 4.98 Å². The molecule has 0 bridgehead atoms. The minimum Gasteiger partial charge on any atom is -0.369 e. The Kier molecular flexibility index (Phi) is 5.15. The third-order valence-electron chi connectivity index (χ3n) is 4.32. The zero-order chi connectivity index (χ0) is 20.2. The maximum Gasteiger partial charge on any atom is 0.254 e. The number of benzene rings is 1. The van der Waals surface area contributed by atoms with Crippen LogP contribution in [0.25, 0.3) is 17.2 Å². The first-order valence-electron chi connectivity index (χ1n) is 9.34. The summed E-state index contributed by atoms with van der Waals surface area (Å²) in [5.41, 5.74) is 3.54. The van der Waals surface area contributed by atoms with E-state index >= 15 is 0 Å². The van der Waals surface area contributed by atoms with Gasteiger partial charge in [0.05, 0.1) is 0 Å². The van der Waals surface area contributed by atoms with Crippen LogP contribution in [-0.4, -0.2) is 37.0 Å². The van der Waals surface area contributed by atoms with Crippen LogP contribution in [0.4, 0.5) is 11.5 Å². The molecule has 1 amide bonds. The van der Waals surface area contributed by atoms with Crippen LogP contribution in [0, 0.1) is 13.8 Å². The zero-order valence-electron chi connectivity index (χ0n) is 16.3. The molecule has 0 radical (unpaired) electrons. The molecule has 0 saturated heterocycles. The third-order valence-corrected chi connectivity index (χ3v) is 4.32. The van der Waals surface area contributed by atoms with Gasteiger partial charge in [0.15, 0.2) is 5.82 Å². The van der Waals surface area contributed by atoms with Gasteiger partial charge >= 0.3 is 0 Å². The first-order chi connectivity index (χ1) is 14.1. The van der Waals surface area contributed by atoms with Crippen molar-refractivity contribution in [2.24, 2.45) is 0 Å². The third kappa shape index (κ3) is 4.37. The van der Waals surface area contributed by atoms with Gasteiger partial charge in [0.1, 0.15) is 5.82 Å². The molecule has 146 valence electrons. The van der Waals surface area contributed by atoms with Crippen LogP contribution < -0.4 is 10.6 Å². The molecule has 2 N–H and O–H groups in total. The minimum absolute atomic E-state index is 0.0558. The summed E-state index contributed by atoms with van der Waals surface area (Å²) in [5.74, 6) is 1.73. The smallest absolute Gasteiger partial charge is 0.254 e. The van der Waals surface area contributed by atoms with E-state index in [2.05, 4.69) is 30.7 Å². The summed E-state index contributed by atoms with van der Waals surface area (Å²) >= 11 is 0. The van der Waals surface area contributed by atoms with Gasteiger partial charge in [-0.05, 0) is 43.7 Å². The number of pyridine rings is 1. The zero-order valence-corrected chi connectivity index (χ0v) is 16.3. The van der Waals surface area contributed by atoms with Crippen molar-refractivity contribution < 1.29 is 4.79 Å². The summed E-state index contributed by atoms with van der Waals surface area (Å²) < 4.78 is 1.65. The fraction of sp³-hybridized carbons (Fsp3) is 0.190. The van der Waals surface area contributed by atoms with E-state index in [1.165, 1.54) is 0 Å². The van der Waals surface area contributed by atoms with E-state index in [1.807, 2.05) is 56.3 Å². The number of amides is 1. The van der Waals surface area contributed by atoms with Crippen LogP contribution in [0.2, 0.25) is 0 Å². The highest BCUT2D eigenvalue weighted by Gasteiger charge is 2.12. The first-order valence-corrected chi connectivity index (χ1v) is 9.34. The topological polar surface area (TPSA) is 97.1 Å². The van der Waals surface area contributed by atoms with Gasteiger partial charge in [-0.3, -0.25) is 9.78 Å². The fourth-order valence-electron chi connectivity index (χ4n) is 2.98. The lowest BCUT2D eigenvalue weighted by Crippen LogP contribution is -2.17. The number of rotatable bonds is 6. The normalized spacial score (nSPS) is 10.8. The Morgan fingerprint density at radius 1 is 1.10 bits per heavy atom. The monoisotopic (exact) mass is 387 g/mol. The predicted octanol–water partition coefficient (Wildman–Crippen LogP) is 3.24. The molecule has 0 fully saturated rings. The number of aromatic nitrogens is 5. The van der Waals surface area contributed by atoms with Gasteiger partial charge < -0.3 is 10.6 Å². The number of fused-ring (bicyclic) bond motifs is 1. The van der Waals surface area contributed by atoms with Crippen molar-refractivity contribution in [3.05, 3.63) is 66.1 Å². The molecular formula is C21H21N7O. The summed E-state index contributed by atoms with van der Waals surface area (Å²) in [6.45, 7) is 4.35. The molecule has 0 aliphatic carbocycles. The van der Waals surface area contributed by atoms with E-state index in [0.717, 1.165) is 28.3 Å². The summed E-state index contributed by atoms with van der Waals surface area (Å²) in [5, 5.41) is 10.7. The van der Waals surface area contributed by atoms with Crippen LogP contribution >= 0.6 is 0 Å². The number of aryl methyl sites for hydroxylation is 2. The van der Waals surface area contributed by atoms with Crippen molar-refractivity contribution in [1.82, 2.24) is 24.6 Å². The van der Waals surface area contributed by atoms with E-state index in [9.17, 15) is 4.79 Å². The molecule has 0 aliphatic heterocycles. The summed E-state index contributed by atoms with van der Waals surface area (Å²) in [6, 6.07) is 13.4. The molecular weight excluding hydrogens is 366 g/mol. The van der Waals surface area contributed by atoms with Crippen LogP contribution in [0.5, 0.6) is 0 Å². The fourth-order valence-corrected chi connectivity index (χ4v) is 2.98. The molecule has 4 aromatic rings. The molecule has 0 unspecified atom stereocenters. The molecule has 29 heavy (non-hydrogen) atoms. The van der Waals surface area contributed by atoms with Crippen LogP contribution in [-0.2, 0) is 4.79 Å². The average Bonchev–Trinajstić information content (AvgIpc) is 3.13. The van der Waals surface area contributed by atoms with Gasteiger partial charge in [0.25, 0.3) is 5.78 Å². The van der Waals surface area contributed by atoms with Crippen molar-refractivity contribution in [3.63, 3.8) is 0 Å². The van der Waals surface area contributed by atoms with Crippen LogP contribution in [0.3, 0.4) is 0 Å². The Bertz CT molecular complexity index is 1150. The minimum atomic E-state index is -0.0558. The number of nitrogens with zero attached hydrogens (tertiary/aromatic N) is 5. The molecule has 8 nitrogen and oxygen atoms in total. The highest BCUT2D eigenvalue weighted by molar-refractivity contribution is 5.91. The van der Waals surface area contributed by atoms with Gasteiger partial charge in [-0.15, -0.1) is 5.10 Å². The molecule has 0 atom stereocenters. The molecule has 1 aromatic carbocycles. The number of anilines is 2. The molecule has 4 rings (SSSR count). The molecule has 3 heterocycles. The molecule has 0 spiro atoms. The quantitative estimate of drug-likeness (QED) is 0.527. The second-order valence-electron chi connectivity index (χ2n) is 6.77. The van der Waals surface area contributed by atoms with Crippen molar-refractivity contribution in [2.75, 3.05) is 17.2 Å². The van der Waals surface area contributed by atoms with Crippen LogP contribution in [0.1, 0.15) is 17.7 Å². The van der Waals surface area contributed by atoms with Crippen molar-refractivity contribution in [2.45, 2.75) is 20.3 Å². The maximum atomic E-state index is 12.2. The van der Waals surface area contributed by atoms with Crippen molar-refractivity contribution in [1.29, 1.82) is 0 Å². The molecule has 3 aromatic heterocycles. The van der Waals surface area contributed by atoms with Gasteiger partial charge in [0.2, 0.25) is 5.91 Å². The van der Waals surface area contributed by atoms with E-state index in [-0.39, 0.29) is 5.91 Å². The van der Waals surface area contributed by atoms with Crippen molar-refractivity contribution in [3.8, 4) is 11.4 Å². The lowest BCUT2D eigenvalue weighted by molar-refractivity contribution is -0.115. The average molecular weight is 387 g/mol. The van der Waals surface area contributed by atoms with Crippen LogP contribution in [0.15, 0.2) is 54.9 Å². The molecule has 8 heteroatoms. The number of hydrogen-bond acceptors (Lipinski definition) is 6. The van der Waals surface area contributed by atoms with E-state index in [1.54, 1.807) is 16.9 Å².